The van der Waals surface area contributed by atoms with E-state index in [9.17, 15) is 24.0 Å². The number of rotatable bonds is 13. The fraction of sp³-hybridized carbons (Fsp3) is 0.684. The third-order valence-corrected chi connectivity index (χ3v) is 5.16. The van der Waals surface area contributed by atoms with Gasteiger partial charge in [-0.05, 0) is 39.0 Å². The number of amides is 4. The summed E-state index contributed by atoms with van der Waals surface area (Å²) in [4.78, 5) is 65.5. The number of nitrogens with two attached hydrogens (primary N) is 4. The first kappa shape index (κ1) is 27.6. The Morgan fingerprint density at radius 2 is 1.79 bits per heavy atom. The highest BCUT2D eigenvalue weighted by molar-refractivity contribution is 5.94. The topological polar surface area (TPSA) is 249 Å². The van der Waals surface area contributed by atoms with Gasteiger partial charge in [0, 0.05) is 19.5 Å². The molecule has 14 heteroatoms. The van der Waals surface area contributed by atoms with Gasteiger partial charge in [-0.25, -0.2) is 0 Å². The van der Waals surface area contributed by atoms with Crippen LogP contribution in [0.15, 0.2) is 4.99 Å². The van der Waals surface area contributed by atoms with Crippen LogP contribution in [0.25, 0.3) is 0 Å². The van der Waals surface area contributed by atoms with E-state index in [4.69, 9.17) is 28.0 Å². The third kappa shape index (κ3) is 9.31. The summed E-state index contributed by atoms with van der Waals surface area (Å²) in [5, 5.41) is 13.8. The summed E-state index contributed by atoms with van der Waals surface area (Å²) < 4.78 is 0. The molecule has 0 aromatic carbocycles. The number of hydrogen-bond acceptors (Lipinski definition) is 7. The average molecular weight is 471 g/mol. The van der Waals surface area contributed by atoms with Crippen molar-refractivity contribution in [3.05, 3.63) is 0 Å². The first-order valence-corrected chi connectivity index (χ1v) is 10.7. The second kappa shape index (κ2) is 13.2. The zero-order chi connectivity index (χ0) is 25.1. The molecule has 11 N–H and O–H groups in total. The first-order chi connectivity index (χ1) is 15.4. The Hall–Kier alpha value is -3.42. The lowest BCUT2D eigenvalue weighted by Gasteiger charge is -2.28. The Bertz CT molecular complexity index is 769. The van der Waals surface area contributed by atoms with Crippen LogP contribution < -0.4 is 33.6 Å². The van der Waals surface area contributed by atoms with Gasteiger partial charge in [-0.15, -0.1) is 0 Å². The van der Waals surface area contributed by atoms with Crippen molar-refractivity contribution in [2.75, 3.05) is 13.1 Å². The van der Waals surface area contributed by atoms with Gasteiger partial charge in [0.1, 0.15) is 18.1 Å². The summed E-state index contributed by atoms with van der Waals surface area (Å²) >= 11 is 0. The highest BCUT2D eigenvalue weighted by Gasteiger charge is 2.37. The molecular formula is C19H34N8O6. The van der Waals surface area contributed by atoms with Crippen molar-refractivity contribution in [1.82, 2.24) is 15.5 Å². The van der Waals surface area contributed by atoms with E-state index in [1.807, 2.05) is 0 Å². The Morgan fingerprint density at radius 3 is 2.36 bits per heavy atom. The highest BCUT2D eigenvalue weighted by atomic mass is 16.4. The molecule has 1 heterocycles. The molecule has 1 aliphatic heterocycles. The molecule has 0 aliphatic carbocycles. The first-order valence-electron chi connectivity index (χ1n) is 10.7. The molecule has 0 bridgehead atoms. The molecule has 0 saturated carbocycles. The van der Waals surface area contributed by atoms with E-state index >= 15 is 0 Å². The van der Waals surface area contributed by atoms with Gasteiger partial charge in [0.25, 0.3) is 0 Å². The molecule has 4 atom stereocenters. The van der Waals surface area contributed by atoms with Crippen LogP contribution in [0.2, 0.25) is 0 Å². The molecule has 4 amide bonds. The number of aliphatic carboxylic acids is 1. The number of nitrogens with one attached hydrogen (secondary N) is 2. The molecule has 1 rings (SSSR count). The van der Waals surface area contributed by atoms with Crippen LogP contribution >= 0.6 is 0 Å². The molecule has 1 saturated heterocycles. The minimum absolute atomic E-state index is 0.0566. The minimum atomic E-state index is -1.26. The number of carboxylic acids is 1. The molecular weight excluding hydrogens is 436 g/mol. The van der Waals surface area contributed by atoms with E-state index < -0.39 is 53.8 Å². The van der Waals surface area contributed by atoms with Gasteiger partial charge in [0.05, 0.1) is 6.04 Å². The minimum Gasteiger partial charge on any atom is -0.480 e. The Kier molecular flexibility index (Phi) is 11.0. The standard InChI is InChI=1S/C19H34N8O6/c1-10(18(32)33)25-15(29)12(6-7-14(21)28)26-16(30)13-5-3-9-27(13)17(31)11(20)4-2-8-24-19(22)23/h10-13H,2-9,20H2,1H3,(H2,21,28)(H,25,29)(H,26,30)(H,32,33)(H4,22,23,24). The monoisotopic (exact) mass is 470 g/mol. The maximum absolute atomic E-state index is 12.9. The number of guanidine groups is 1. The van der Waals surface area contributed by atoms with E-state index in [2.05, 4.69) is 15.6 Å². The lowest BCUT2D eigenvalue weighted by molar-refractivity contribution is -0.142. The summed E-state index contributed by atoms with van der Waals surface area (Å²) in [5.41, 5.74) is 21.6. The molecule has 186 valence electrons. The predicted octanol–water partition coefficient (Wildman–Crippen LogP) is -3.30. The molecule has 1 aliphatic rings. The summed E-state index contributed by atoms with van der Waals surface area (Å²) in [6, 6.07) is -4.09. The highest BCUT2D eigenvalue weighted by Crippen LogP contribution is 2.19. The molecule has 4 unspecified atom stereocenters. The van der Waals surface area contributed by atoms with Crippen molar-refractivity contribution in [2.24, 2.45) is 27.9 Å². The molecule has 1 fully saturated rings. The molecule has 14 nitrogen and oxygen atoms in total. The average Bonchev–Trinajstić information content (AvgIpc) is 3.22. The van der Waals surface area contributed by atoms with Gasteiger partial charge in [-0.2, -0.15) is 0 Å². The van der Waals surface area contributed by atoms with Crippen molar-refractivity contribution in [3.63, 3.8) is 0 Å². The summed E-state index contributed by atoms with van der Waals surface area (Å²) in [5.74, 6) is -3.77. The fourth-order valence-electron chi connectivity index (χ4n) is 3.36. The normalized spacial score (nSPS) is 18.0. The van der Waals surface area contributed by atoms with E-state index in [1.54, 1.807) is 0 Å². The van der Waals surface area contributed by atoms with Crippen molar-refractivity contribution >= 4 is 35.6 Å². The van der Waals surface area contributed by atoms with Crippen LogP contribution in [0, 0.1) is 0 Å². The Morgan fingerprint density at radius 1 is 1.12 bits per heavy atom. The van der Waals surface area contributed by atoms with Crippen LogP contribution in [0.5, 0.6) is 0 Å². The smallest absolute Gasteiger partial charge is 0.325 e. The molecule has 0 radical (unpaired) electrons. The molecule has 33 heavy (non-hydrogen) atoms. The van der Waals surface area contributed by atoms with Crippen molar-refractivity contribution < 1.29 is 29.1 Å². The SMILES string of the molecule is CC(NC(=O)C(CCC(N)=O)NC(=O)C1CCCN1C(=O)C(N)CCCN=C(N)N)C(=O)O. The van der Waals surface area contributed by atoms with Crippen molar-refractivity contribution in [1.29, 1.82) is 0 Å². The van der Waals surface area contributed by atoms with Crippen LogP contribution in [-0.2, 0) is 24.0 Å². The lowest BCUT2D eigenvalue weighted by atomic mass is 10.1. The second-order valence-corrected chi connectivity index (χ2v) is 7.88. The van der Waals surface area contributed by atoms with Gasteiger partial charge in [-0.3, -0.25) is 29.0 Å². The maximum atomic E-state index is 12.9. The second-order valence-electron chi connectivity index (χ2n) is 7.88. The maximum Gasteiger partial charge on any atom is 0.325 e. The van der Waals surface area contributed by atoms with Crippen LogP contribution in [0.4, 0.5) is 0 Å². The van der Waals surface area contributed by atoms with E-state index in [0.29, 0.717) is 38.8 Å². The molecule has 0 aromatic rings. The van der Waals surface area contributed by atoms with Crippen LogP contribution in [-0.4, -0.2) is 82.8 Å². The zero-order valence-electron chi connectivity index (χ0n) is 18.7. The van der Waals surface area contributed by atoms with Gasteiger partial charge >= 0.3 is 5.97 Å². The number of aliphatic imine (C=N–C) groups is 1. The van der Waals surface area contributed by atoms with Crippen molar-refractivity contribution in [3.8, 4) is 0 Å². The van der Waals surface area contributed by atoms with Gasteiger partial charge < -0.3 is 43.6 Å². The summed E-state index contributed by atoms with van der Waals surface area (Å²) in [6.45, 7) is 1.91. The van der Waals surface area contributed by atoms with E-state index in [0.717, 1.165) is 0 Å². The van der Waals surface area contributed by atoms with Gasteiger partial charge in [-0.1, -0.05) is 0 Å². The number of carbonyl (C=O) groups is 5. The summed E-state index contributed by atoms with van der Waals surface area (Å²) in [6.07, 6.45) is 1.41. The Labute approximate surface area is 191 Å². The van der Waals surface area contributed by atoms with E-state index in [-0.39, 0.29) is 18.8 Å². The van der Waals surface area contributed by atoms with Crippen molar-refractivity contribution in [2.45, 2.75) is 69.6 Å². The number of hydrogen-bond donors (Lipinski definition) is 7. The van der Waals surface area contributed by atoms with Crippen LogP contribution in [0.1, 0.15) is 45.4 Å². The zero-order valence-corrected chi connectivity index (χ0v) is 18.7. The number of nitrogens with zero attached hydrogens (tertiary/aromatic N) is 2. The fourth-order valence-corrected chi connectivity index (χ4v) is 3.36. The number of carbonyl (C=O) groups excluding carboxylic acids is 4. The lowest BCUT2D eigenvalue weighted by Crippen LogP contribution is -2.56. The molecule has 0 aromatic heterocycles. The van der Waals surface area contributed by atoms with Crippen LogP contribution in [0.3, 0.4) is 0 Å². The van der Waals surface area contributed by atoms with Gasteiger partial charge in [0.15, 0.2) is 5.96 Å². The van der Waals surface area contributed by atoms with Gasteiger partial charge in [0.2, 0.25) is 23.6 Å². The summed E-state index contributed by atoms with van der Waals surface area (Å²) in [7, 11) is 0. The Balaban J connectivity index is 2.80. The predicted molar refractivity (Wildman–Crippen MR) is 118 cm³/mol. The molecule has 0 spiro atoms. The third-order valence-electron chi connectivity index (χ3n) is 5.16. The number of likely N-dealkylation sites (tertiary alicyclic amines) is 1. The largest absolute Gasteiger partial charge is 0.480 e. The quantitative estimate of drug-likeness (QED) is 0.0807. The number of carboxylic acid groups (broad SMARTS) is 1. The van der Waals surface area contributed by atoms with E-state index in [1.165, 1.54) is 11.8 Å². The number of primary amides is 1.